The van der Waals surface area contributed by atoms with Crippen molar-refractivity contribution in [2.24, 2.45) is 5.73 Å². The number of carbonyl (C=O) groups is 5. The SMILES string of the molecule is CSCCC(NC(=O)CCC(NC(=O)CCC(N)C(=O)O)C(=O)O)C(=O)O. The van der Waals surface area contributed by atoms with Crippen LogP contribution >= 0.6 is 11.8 Å². The quantitative estimate of drug-likeness (QED) is 0.204. The first-order valence-electron chi connectivity index (χ1n) is 8.10. The smallest absolute Gasteiger partial charge is 0.326 e. The number of aliphatic carboxylic acids is 3. The summed E-state index contributed by atoms with van der Waals surface area (Å²) in [6.07, 6.45) is 1.04. The van der Waals surface area contributed by atoms with Gasteiger partial charge in [0.15, 0.2) is 0 Å². The normalized spacial score (nSPS) is 13.9. The highest BCUT2D eigenvalue weighted by atomic mass is 32.2. The number of thioether (sulfide) groups is 1. The van der Waals surface area contributed by atoms with Crippen molar-refractivity contribution < 1.29 is 39.3 Å². The van der Waals surface area contributed by atoms with E-state index in [9.17, 15) is 24.0 Å². The summed E-state index contributed by atoms with van der Waals surface area (Å²) in [5.74, 6) is -4.64. The molecule has 0 fully saturated rings. The first kappa shape index (κ1) is 24.7. The minimum Gasteiger partial charge on any atom is -0.480 e. The Kier molecular flexibility index (Phi) is 11.8. The second kappa shape index (κ2) is 12.9. The number of carbonyl (C=O) groups excluding carboxylic acids is 2. The molecule has 0 saturated carbocycles. The zero-order valence-electron chi connectivity index (χ0n) is 14.8. The van der Waals surface area contributed by atoms with Gasteiger partial charge in [-0.15, -0.1) is 0 Å². The number of amides is 2. The van der Waals surface area contributed by atoms with Crippen molar-refractivity contribution in [3.8, 4) is 0 Å². The predicted molar refractivity (Wildman–Crippen MR) is 96.2 cm³/mol. The molecule has 0 aliphatic rings. The number of nitrogens with two attached hydrogens (primary N) is 1. The van der Waals surface area contributed by atoms with Crippen LogP contribution in [0.15, 0.2) is 0 Å². The van der Waals surface area contributed by atoms with Crippen LogP contribution < -0.4 is 16.4 Å². The molecule has 0 aromatic heterocycles. The fourth-order valence-corrected chi connectivity index (χ4v) is 2.44. The average molecular weight is 407 g/mol. The zero-order valence-corrected chi connectivity index (χ0v) is 15.7. The topological polar surface area (TPSA) is 196 Å². The van der Waals surface area contributed by atoms with E-state index < -0.39 is 47.8 Å². The van der Waals surface area contributed by atoms with E-state index in [4.69, 9.17) is 21.1 Å². The molecule has 3 atom stereocenters. The predicted octanol–water partition coefficient (Wildman–Crippen LogP) is -1.15. The molecule has 0 aromatic rings. The third kappa shape index (κ3) is 11.1. The minimum atomic E-state index is -1.36. The highest BCUT2D eigenvalue weighted by Crippen LogP contribution is 2.04. The number of nitrogens with one attached hydrogen (secondary N) is 2. The number of carboxylic acid groups (broad SMARTS) is 3. The molecule has 0 aliphatic carbocycles. The Labute approximate surface area is 160 Å². The molecule has 154 valence electrons. The van der Waals surface area contributed by atoms with E-state index in [0.717, 1.165) is 0 Å². The lowest BCUT2D eigenvalue weighted by molar-refractivity contribution is -0.143. The lowest BCUT2D eigenvalue weighted by Gasteiger charge is -2.17. The summed E-state index contributed by atoms with van der Waals surface area (Å²) in [6, 6.07) is -3.67. The Morgan fingerprint density at radius 3 is 1.67 bits per heavy atom. The van der Waals surface area contributed by atoms with Crippen LogP contribution in [0.4, 0.5) is 0 Å². The van der Waals surface area contributed by atoms with Crippen molar-refractivity contribution in [1.29, 1.82) is 0 Å². The van der Waals surface area contributed by atoms with E-state index in [1.807, 2.05) is 0 Å². The molecule has 0 spiro atoms. The average Bonchev–Trinajstić information content (AvgIpc) is 2.59. The third-order valence-corrected chi connectivity index (χ3v) is 4.18. The number of carboxylic acids is 3. The molecule has 0 saturated heterocycles. The summed E-state index contributed by atoms with van der Waals surface area (Å²) in [4.78, 5) is 56.4. The van der Waals surface area contributed by atoms with Gasteiger partial charge in [-0.25, -0.2) is 9.59 Å². The van der Waals surface area contributed by atoms with Gasteiger partial charge in [0.1, 0.15) is 18.1 Å². The molecule has 0 rings (SSSR count). The minimum absolute atomic E-state index is 0.163. The van der Waals surface area contributed by atoms with Gasteiger partial charge in [0.25, 0.3) is 0 Å². The van der Waals surface area contributed by atoms with Gasteiger partial charge in [0, 0.05) is 12.8 Å². The molecule has 11 nitrogen and oxygen atoms in total. The van der Waals surface area contributed by atoms with Gasteiger partial charge in [-0.3, -0.25) is 14.4 Å². The molecular weight excluding hydrogens is 382 g/mol. The molecule has 0 heterocycles. The lowest BCUT2D eigenvalue weighted by atomic mass is 10.1. The summed E-state index contributed by atoms with van der Waals surface area (Å²) >= 11 is 1.43. The van der Waals surface area contributed by atoms with Gasteiger partial charge in [-0.05, 0) is 31.3 Å². The van der Waals surface area contributed by atoms with Gasteiger partial charge in [-0.2, -0.15) is 11.8 Å². The Bertz CT molecular complexity index is 557. The summed E-state index contributed by atoms with van der Waals surface area (Å²) in [7, 11) is 0. The van der Waals surface area contributed by atoms with E-state index in [2.05, 4.69) is 10.6 Å². The summed E-state index contributed by atoms with van der Waals surface area (Å²) in [5.41, 5.74) is 5.26. The van der Waals surface area contributed by atoms with Crippen molar-refractivity contribution in [3.05, 3.63) is 0 Å². The number of rotatable bonds is 14. The maximum absolute atomic E-state index is 11.9. The highest BCUT2D eigenvalue weighted by molar-refractivity contribution is 7.98. The largest absolute Gasteiger partial charge is 0.480 e. The van der Waals surface area contributed by atoms with Crippen LogP contribution in [-0.4, -0.2) is 75.2 Å². The fourth-order valence-electron chi connectivity index (χ4n) is 1.97. The summed E-state index contributed by atoms with van der Waals surface area (Å²) in [6.45, 7) is 0. The molecule has 0 radical (unpaired) electrons. The van der Waals surface area contributed by atoms with Gasteiger partial charge in [-0.1, -0.05) is 0 Å². The first-order valence-corrected chi connectivity index (χ1v) is 9.49. The maximum Gasteiger partial charge on any atom is 0.326 e. The van der Waals surface area contributed by atoms with Crippen molar-refractivity contribution in [2.75, 3.05) is 12.0 Å². The Hall–Kier alpha value is -2.34. The van der Waals surface area contributed by atoms with Crippen LogP contribution in [0.1, 0.15) is 32.1 Å². The van der Waals surface area contributed by atoms with Crippen molar-refractivity contribution >= 4 is 41.5 Å². The third-order valence-electron chi connectivity index (χ3n) is 3.54. The summed E-state index contributed by atoms with van der Waals surface area (Å²) < 4.78 is 0. The van der Waals surface area contributed by atoms with Crippen LogP contribution in [0.25, 0.3) is 0 Å². The molecule has 27 heavy (non-hydrogen) atoms. The Morgan fingerprint density at radius 1 is 0.815 bits per heavy atom. The van der Waals surface area contributed by atoms with Gasteiger partial charge < -0.3 is 31.7 Å². The van der Waals surface area contributed by atoms with E-state index in [1.54, 1.807) is 6.26 Å². The molecule has 7 N–H and O–H groups in total. The van der Waals surface area contributed by atoms with E-state index in [1.165, 1.54) is 11.8 Å². The molecular formula is C15H25N3O8S. The van der Waals surface area contributed by atoms with Gasteiger partial charge in [0.05, 0.1) is 0 Å². The van der Waals surface area contributed by atoms with Gasteiger partial charge >= 0.3 is 17.9 Å². The van der Waals surface area contributed by atoms with Crippen molar-refractivity contribution in [2.45, 2.75) is 50.2 Å². The van der Waals surface area contributed by atoms with Gasteiger partial charge in [0.2, 0.25) is 11.8 Å². The molecule has 0 bridgehead atoms. The second-order valence-electron chi connectivity index (χ2n) is 5.72. The van der Waals surface area contributed by atoms with E-state index in [0.29, 0.717) is 5.75 Å². The molecule has 0 aliphatic heterocycles. The monoisotopic (exact) mass is 407 g/mol. The standard InChI is InChI=1S/C15H25N3O8S/c1-27-7-6-10(15(25)26)18-12(20)5-3-9(14(23)24)17-11(19)4-2-8(16)13(21)22/h8-10H,2-7,16H2,1H3,(H,17,19)(H,18,20)(H,21,22)(H,23,24)(H,25,26). The summed E-state index contributed by atoms with van der Waals surface area (Å²) in [5, 5.41) is 31.3. The molecule has 3 unspecified atom stereocenters. The molecule has 2 amide bonds. The zero-order chi connectivity index (χ0) is 21.0. The van der Waals surface area contributed by atoms with Crippen LogP contribution in [0.5, 0.6) is 0 Å². The fraction of sp³-hybridized carbons (Fsp3) is 0.667. The second-order valence-corrected chi connectivity index (χ2v) is 6.71. The van der Waals surface area contributed by atoms with E-state index >= 15 is 0 Å². The maximum atomic E-state index is 11.9. The van der Waals surface area contributed by atoms with E-state index in [-0.39, 0.29) is 32.1 Å². The number of hydrogen-bond acceptors (Lipinski definition) is 7. The number of hydrogen-bond donors (Lipinski definition) is 6. The molecule has 0 aromatic carbocycles. The highest BCUT2D eigenvalue weighted by Gasteiger charge is 2.24. The Morgan fingerprint density at radius 2 is 1.26 bits per heavy atom. The van der Waals surface area contributed by atoms with Crippen LogP contribution in [0, 0.1) is 0 Å². The van der Waals surface area contributed by atoms with Crippen LogP contribution in [0.3, 0.4) is 0 Å². The van der Waals surface area contributed by atoms with Crippen LogP contribution in [0.2, 0.25) is 0 Å². The first-order chi connectivity index (χ1) is 12.6. The van der Waals surface area contributed by atoms with Crippen molar-refractivity contribution in [1.82, 2.24) is 10.6 Å². The molecule has 12 heteroatoms. The van der Waals surface area contributed by atoms with Crippen molar-refractivity contribution in [3.63, 3.8) is 0 Å². The Balaban J connectivity index is 4.50. The van der Waals surface area contributed by atoms with Crippen LogP contribution in [-0.2, 0) is 24.0 Å². The lowest BCUT2D eigenvalue weighted by Crippen LogP contribution is -2.44.